The molecule has 0 spiro atoms. The fraction of sp³-hybridized carbons (Fsp3) is 0.562. The number of ether oxygens (including phenoxy) is 2. The molecular formula is C16H22ClNO3. The molecule has 4 nitrogen and oxygen atoms in total. The third-order valence-corrected chi connectivity index (χ3v) is 3.88. The van der Waals surface area contributed by atoms with Crippen LogP contribution in [0.2, 0.25) is 5.02 Å². The molecule has 0 bridgehead atoms. The fourth-order valence-electron chi connectivity index (χ4n) is 2.54. The Hall–Kier alpha value is -1.42. The molecule has 116 valence electrons. The van der Waals surface area contributed by atoms with E-state index in [-0.39, 0.29) is 12.1 Å². The van der Waals surface area contributed by atoms with Gasteiger partial charge in [-0.05, 0) is 57.4 Å². The maximum atomic E-state index is 12.3. The van der Waals surface area contributed by atoms with Crippen molar-refractivity contribution in [1.82, 2.24) is 4.90 Å². The average molecular weight is 312 g/mol. The highest BCUT2D eigenvalue weighted by atomic mass is 35.5. The average Bonchev–Trinajstić information content (AvgIpc) is 2.36. The highest BCUT2D eigenvalue weighted by molar-refractivity contribution is 6.32. The molecule has 5 heteroatoms. The van der Waals surface area contributed by atoms with Crippen molar-refractivity contribution in [3.8, 4) is 5.75 Å². The van der Waals surface area contributed by atoms with E-state index in [2.05, 4.69) is 0 Å². The largest absolute Gasteiger partial charge is 0.495 e. The number of hydrogen-bond donors (Lipinski definition) is 0. The third kappa shape index (κ3) is 3.43. The smallest absolute Gasteiger partial charge is 0.410 e. The van der Waals surface area contributed by atoms with E-state index in [1.54, 1.807) is 12.0 Å². The molecule has 1 heterocycles. The van der Waals surface area contributed by atoms with Gasteiger partial charge < -0.3 is 14.4 Å². The van der Waals surface area contributed by atoms with Crippen molar-refractivity contribution < 1.29 is 14.3 Å². The predicted octanol–water partition coefficient (Wildman–Crippen LogP) is 4.20. The summed E-state index contributed by atoms with van der Waals surface area (Å²) < 4.78 is 10.7. The van der Waals surface area contributed by atoms with Crippen molar-refractivity contribution in [3.05, 3.63) is 28.3 Å². The van der Waals surface area contributed by atoms with E-state index in [4.69, 9.17) is 21.1 Å². The first-order valence-electron chi connectivity index (χ1n) is 7.09. The van der Waals surface area contributed by atoms with Crippen LogP contribution in [0.3, 0.4) is 0 Å². The highest BCUT2D eigenvalue weighted by Gasteiger charge is 2.31. The number of nitrogens with zero attached hydrogens (tertiary/aromatic N) is 1. The van der Waals surface area contributed by atoms with Gasteiger partial charge in [-0.15, -0.1) is 0 Å². The zero-order chi connectivity index (χ0) is 15.8. The molecule has 1 atom stereocenters. The van der Waals surface area contributed by atoms with Gasteiger partial charge in [-0.2, -0.15) is 0 Å². The SMILES string of the molecule is COc1cc2c(cc1Cl)CCN(C(=O)OC(C)(C)C)[C@@H]2C. The molecule has 0 unspecified atom stereocenters. The fourth-order valence-corrected chi connectivity index (χ4v) is 2.81. The Kier molecular flexibility index (Phi) is 4.38. The number of halogens is 1. The lowest BCUT2D eigenvalue weighted by Crippen LogP contribution is -2.42. The lowest BCUT2D eigenvalue weighted by molar-refractivity contribution is 0.0159. The summed E-state index contributed by atoms with van der Waals surface area (Å²) in [6.07, 6.45) is 0.484. The van der Waals surface area contributed by atoms with Crippen LogP contribution in [-0.4, -0.2) is 30.2 Å². The molecule has 21 heavy (non-hydrogen) atoms. The minimum atomic E-state index is -0.491. The molecule has 1 aliphatic rings. The van der Waals surface area contributed by atoms with Crippen LogP contribution in [-0.2, 0) is 11.2 Å². The van der Waals surface area contributed by atoms with Crippen molar-refractivity contribution in [1.29, 1.82) is 0 Å². The van der Waals surface area contributed by atoms with Crippen LogP contribution < -0.4 is 4.74 Å². The molecule has 0 fully saturated rings. The van der Waals surface area contributed by atoms with E-state index in [9.17, 15) is 4.79 Å². The van der Waals surface area contributed by atoms with Gasteiger partial charge >= 0.3 is 6.09 Å². The van der Waals surface area contributed by atoms with Gasteiger partial charge in [0.15, 0.2) is 0 Å². The van der Waals surface area contributed by atoms with Gasteiger partial charge in [-0.3, -0.25) is 0 Å². The lowest BCUT2D eigenvalue weighted by atomic mass is 9.93. The zero-order valence-corrected chi connectivity index (χ0v) is 14.0. The van der Waals surface area contributed by atoms with E-state index in [1.165, 1.54) is 0 Å². The van der Waals surface area contributed by atoms with E-state index < -0.39 is 5.60 Å². The number of hydrogen-bond acceptors (Lipinski definition) is 3. The van der Waals surface area contributed by atoms with Crippen molar-refractivity contribution in [2.24, 2.45) is 0 Å². The zero-order valence-electron chi connectivity index (χ0n) is 13.2. The second kappa shape index (κ2) is 5.76. The Balaban J connectivity index is 2.27. The number of benzene rings is 1. The van der Waals surface area contributed by atoms with Gasteiger partial charge in [-0.1, -0.05) is 11.6 Å². The number of rotatable bonds is 1. The normalized spacial score (nSPS) is 18.2. The number of carbonyl (C=O) groups excluding carboxylic acids is 1. The van der Waals surface area contributed by atoms with E-state index in [1.807, 2.05) is 39.8 Å². The predicted molar refractivity (Wildman–Crippen MR) is 83.1 cm³/mol. The summed E-state index contributed by atoms with van der Waals surface area (Å²) in [4.78, 5) is 14.1. The first-order chi connectivity index (χ1) is 9.73. The molecule has 1 aromatic rings. The maximum Gasteiger partial charge on any atom is 0.410 e. The summed E-state index contributed by atoms with van der Waals surface area (Å²) in [5.74, 6) is 0.633. The molecule has 0 aromatic heterocycles. The molecule has 1 aliphatic heterocycles. The van der Waals surface area contributed by atoms with Gasteiger partial charge in [0.05, 0.1) is 18.2 Å². The minimum absolute atomic E-state index is 0.0604. The Labute approximate surface area is 131 Å². The van der Waals surface area contributed by atoms with Crippen LogP contribution in [0.5, 0.6) is 5.75 Å². The molecule has 0 radical (unpaired) electrons. The highest BCUT2D eigenvalue weighted by Crippen LogP contribution is 2.36. The molecule has 2 rings (SSSR count). The monoisotopic (exact) mass is 311 g/mol. The first kappa shape index (κ1) is 16.0. The summed E-state index contributed by atoms with van der Waals surface area (Å²) >= 11 is 6.16. The van der Waals surface area contributed by atoms with Gasteiger partial charge in [-0.25, -0.2) is 4.79 Å². The summed E-state index contributed by atoms with van der Waals surface area (Å²) in [5, 5.41) is 0.606. The van der Waals surface area contributed by atoms with Crippen molar-refractivity contribution in [2.75, 3.05) is 13.7 Å². The second-order valence-corrected chi connectivity index (χ2v) is 6.69. The molecule has 0 N–H and O–H groups in total. The van der Waals surface area contributed by atoms with Crippen LogP contribution >= 0.6 is 11.6 Å². The van der Waals surface area contributed by atoms with Crippen LogP contribution in [0.15, 0.2) is 12.1 Å². The molecular weight excluding hydrogens is 290 g/mol. The number of fused-ring (bicyclic) bond motifs is 1. The Bertz CT molecular complexity index is 551. The van der Waals surface area contributed by atoms with Crippen molar-refractivity contribution in [2.45, 2.75) is 45.8 Å². The van der Waals surface area contributed by atoms with Gasteiger partial charge in [0.25, 0.3) is 0 Å². The Morgan fingerprint density at radius 3 is 2.62 bits per heavy atom. The van der Waals surface area contributed by atoms with Gasteiger partial charge in [0.1, 0.15) is 11.4 Å². The standard InChI is InChI=1S/C16H22ClNO3/c1-10-12-9-14(20-5)13(17)8-11(12)6-7-18(10)15(19)21-16(2,3)4/h8-10H,6-7H2,1-5H3/t10-/m1/s1. The van der Waals surface area contributed by atoms with Crippen molar-refractivity contribution >= 4 is 17.7 Å². The summed E-state index contributed by atoms with van der Waals surface area (Å²) in [6.45, 7) is 8.24. The van der Waals surface area contributed by atoms with Crippen LogP contribution in [0, 0.1) is 0 Å². The van der Waals surface area contributed by atoms with E-state index in [0.29, 0.717) is 17.3 Å². The number of carbonyl (C=O) groups is 1. The van der Waals surface area contributed by atoms with E-state index >= 15 is 0 Å². The topological polar surface area (TPSA) is 38.8 Å². The van der Waals surface area contributed by atoms with Crippen LogP contribution in [0.4, 0.5) is 4.79 Å². The summed E-state index contributed by atoms with van der Waals surface area (Å²) in [6, 6.07) is 3.78. The minimum Gasteiger partial charge on any atom is -0.495 e. The molecule has 0 saturated carbocycles. The molecule has 0 aliphatic carbocycles. The summed E-state index contributed by atoms with van der Waals surface area (Å²) in [7, 11) is 1.59. The third-order valence-electron chi connectivity index (χ3n) is 3.58. The second-order valence-electron chi connectivity index (χ2n) is 6.29. The Morgan fingerprint density at radius 1 is 1.38 bits per heavy atom. The molecule has 1 aromatic carbocycles. The molecule has 0 saturated heterocycles. The van der Waals surface area contributed by atoms with Crippen LogP contribution in [0.1, 0.15) is 44.9 Å². The van der Waals surface area contributed by atoms with Crippen LogP contribution in [0.25, 0.3) is 0 Å². The number of amides is 1. The lowest BCUT2D eigenvalue weighted by Gasteiger charge is -2.36. The summed E-state index contributed by atoms with van der Waals surface area (Å²) in [5.41, 5.74) is 1.73. The van der Waals surface area contributed by atoms with Gasteiger partial charge in [0, 0.05) is 6.54 Å². The van der Waals surface area contributed by atoms with Crippen molar-refractivity contribution in [3.63, 3.8) is 0 Å². The first-order valence-corrected chi connectivity index (χ1v) is 7.46. The van der Waals surface area contributed by atoms with E-state index in [0.717, 1.165) is 17.5 Å². The Morgan fingerprint density at radius 2 is 2.05 bits per heavy atom. The number of methoxy groups -OCH3 is 1. The quantitative estimate of drug-likeness (QED) is 0.780. The maximum absolute atomic E-state index is 12.3. The van der Waals surface area contributed by atoms with Gasteiger partial charge in [0.2, 0.25) is 0 Å². The molecule has 1 amide bonds.